The molecule has 1 aromatic rings. The maximum atomic E-state index is 13.0. The van der Waals surface area contributed by atoms with E-state index in [9.17, 15) is 24.0 Å². The molecule has 0 spiro atoms. The summed E-state index contributed by atoms with van der Waals surface area (Å²) in [6.07, 6.45) is 0.0715. The summed E-state index contributed by atoms with van der Waals surface area (Å²) in [7, 11) is 0. The molecule has 0 bridgehead atoms. The van der Waals surface area contributed by atoms with Gasteiger partial charge in [0.25, 0.3) is 11.8 Å². The molecule has 5 amide bonds. The van der Waals surface area contributed by atoms with Gasteiger partial charge in [-0.1, -0.05) is 6.07 Å². The summed E-state index contributed by atoms with van der Waals surface area (Å²) in [4.78, 5) is 62.4. The molecule has 1 atom stereocenters. The van der Waals surface area contributed by atoms with Crippen LogP contribution < -0.4 is 16.4 Å². The van der Waals surface area contributed by atoms with Crippen molar-refractivity contribution in [1.82, 2.24) is 10.2 Å². The maximum absolute atomic E-state index is 13.0. The largest absolute Gasteiger partial charge is 0.378 e. The van der Waals surface area contributed by atoms with Gasteiger partial charge in [0.1, 0.15) is 12.6 Å². The van der Waals surface area contributed by atoms with Gasteiger partial charge in [-0.3, -0.25) is 34.2 Å². The molecular formula is C21H26N4O8. The molecule has 12 nitrogen and oxygen atoms in total. The first kappa shape index (κ1) is 24.5. The Bertz CT molecular complexity index is 935. The van der Waals surface area contributed by atoms with E-state index in [2.05, 4.69) is 10.6 Å². The predicted octanol–water partition coefficient (Wildman–Crippen LogP) is -0.965. The average molecular weight is 462 g/mol. The second-order valence-corrected chi connectivity index (χ2v) is 7.29. The van der Waals surface area contributed by atoms with E-state index < -0.39 is 35.6 Å². The quantitative estimate of drug-likeness (QED) is 0.262. The van der Waals surface area contributed by atoms with Crippen molar-refractivity contribution in [3.05, 3.63) is 29.3 Å². The number of ether oxygens (including phenoxy) is 3. The molecule has 3 rings (SSSR count). The molecule has 2 heterocycles. The van der Waals surface area contributed by atoms with E-state index in [1.807, 2.05) is 0 Å². The fourth-order valence-electron chi connectivity index (χ4n) is 3.49. The normalized spacial score (nSPS) is 17.8. The van der Waals surface area contributed by atoms with Gasteiger partial charge in [0, 0.05) is 13.0 Å². The third-order valence-electron chi connectivity index (χ3n) is 4.98. The lowest BCUT2D eigenvalue weighted by atomic mass is 10.0. The molecule has 0 radical (unpaired) electrons. The van der Waals surface area contributed by atoms with Crippen LogP contribution in [0.2, 0.25) is 0 Å². The molecule has 0 saturated carbocycles. The third kappa shape index (κ3) is 5.99. The summed E-state index contributed by atoms with van der Waals surface area (Å²) in [6.45, 7) is 1.87. The monoisotopic (exact) mass is 462 g/mol. The van der Waals surface area contributed by atoms with Gasteiger partial charge in [-0.2, -0.15) is 0 Å². The van der Waals surface area contributed by atoms with Crippen LogP contribution >= 0.6 is 0 Å². The van der Waals surface area contributed by atoms with Crippen LogP contribution in [0.1, 0.15) is 33.6 Å². The Labute approximate surface area is 189 Å². The number of nitrogens with one attached hydrogen (secondary N) is 2. The highest BCUT2D eigenvalue weighted by Gasteiger charge is 2.45. The Morgan fingerprint density at radius 1 is 1.03 bits per heavy atom. The molecule has 4 N–H and O–H groups in total. The van der Waals surface area contributed by atoms with Crippen molar-refractivity contribution < 1.29 is 38.2 Å². The van der Waals surface area contributed by atoms with Crippen LogP contribution in [-0.4, -0.2) is 86.7 Å². The maximum Gasteiger partial charge on any atom is 0.264 e. The molecule has 2 aliphatic heterocycles. The number of hydrogen-bond donors (Lipinski definition) is 3. The Hall–Kier alpha value is -3.19. The molecule has 1 fully saturated rings. The minimum atomic E-state index is -1.08. The van der Waals surface area contributed by atoms with Crippen molar-refractivity contribution in [2.24, 2.45) is 5.73 Å². The summed E-state index contributed by atoms with van der Waals surface area (Å²) in [5, 5.41) is 4.71. The minimum Gasteiger partial charge on any atom is -0.378 e. The summed E-state index contributed by atoms with van der Waals surface area (Å²) in [5.74, 6) is -3.02. The van der Waals surface area contributed by atoms with Gasteiger partial charge in [-0.05, 0) is 18.6 Å². The van der Waals surface area contributed by atoms with Crippen LogP contribution in [0.15, 0.2) is 18.2 Å². The Morgan fingerprint density at radius 2 is 1.73 bits per heavy atom. The number of hydrogen-bond acceptors (Lipinski definition) is 9. The van der Waals surface area contributed by atoms with Gasteiger partial charge in [0.15, 0.2) is 0 Å². The fraction of sp³-hybridized carbons (Fsp3) is 0.476. The predicted molar refractivity (Wildman–Crippen MR) is 113 cm³/mol. The Kier molecular flexibility index (Phi) is 8.60. The SMILES string of the molecule is NCCOCCOCCOCC(=O)Nc1cccc2c1C(=O)N(C1CCC(=O)NC1=O)C2=O. The van der Waals surface area contributed by atoms with Crippen LogP contribution in [0.4, 0.5) is 5.69 Å². The van der Waals surface area contributed by atoms with Gasteiger partial charge < -0.3 is 25.3 Å². The number of carbonyl (C=O) groups is 5. The zero-order valence-electron chi connectivity index (χ0n) is 18.0. The van der Waals surface area contributed by atoms with Crippen LogP contribution in [0.5, 0.6) is 0 Å². The van der Waals surface area contributed by atoms with Crippen molar-refractivity contribution in [2.45, 2.75) is 18.9 Å². The second-order valence-electron chi connectivity index (χ2n) is 7.29. The first-order chi connectivity index (χ1) is 15.9. The number of nitrogens with two attached hydrogens (primary N) is 1. The number of amides is 5. The summed E-state index contributed by atoms with van der Waals surface area (Å²) in [6, 6.07) is 3.38. The number of nitrogens with zero attached hydrogens (tertiary/aromatic N) is 1. The topological polar surface area (TPSA) is 166 Å². The fourth-order valence-corrected chi connectivity index (χ4v) is 3.49. The molecule has 0 aromatic heterocycles. The minimum absolute atomic E-state index is 0.00126. The second kappa shape index (κ2) is 11.6. The third-order valence-corrected chi connectivity index (χ3v) is 4.98. The van der Waals surface area contributed by atoms with E-state index in [1.165, 1.54) is 18.2 Å². The number of carbonyl (C=O) groups excluding carboxylic acids is 5. The van der Waals surface area contributed by atoms with Crippen LogP contribution in [0, 0.1) is 0 Å². The van der Waals surface area contributed by atoms with E-state index in [0.29, 0.717) is 26.4 Å². The highest BCUT2D eigenvalue weighted by atomic mass is 16.5. The van der Waals surface area contributed by atoms with Gasteiger partial charge in [0.05, 0.1) is 49.8 Å². The zero-order chi connectivity index (χ0) is 23.8. The van der Waals surface area contributed by atoms with E-state index in [-0.39, 0.29) is 49.5 Å². The molecule has 1 aromatic carbocycles. The zero-order valence-corrected chi connectivity index (χ0v) is 18.0. The Balaban J connectivity index is 1.52. The number of piperidine rings is 1. The lowest BCUT2D eigenvalue weighted by molar-refractivity contribution is -0.136. The van der Waals surface area contributed by atoms with E-state index in [1.54, 1.807) is 0 Å². The van der Waals surface area contributed by atoms with Gasteiger partial charge >= 0.3 is 0 Å². The van der Waals surface area contributed by atoms with Crippen LogP contribution in [0.3, 0.4) is 0 Å². The lowest BCUT2D eigenvalue weighted by Gasteiger charge is -2.27. The molecular weight excluding hydrogens is 436 g/mol. The summed E-state index contributed by atoms with van der Waals surface area (Å²) < 4.78 is 15.7. The van der Waals surface area contributed by atoms with Gasteiger partial charge in [-0.15, -0.1) is 0 Å². The van der Waals surface area contributed by atoms with Gasteiger partial charge in [0.2, 0.25) is 17.7 Å². The molecule has 12 heteroatoms. The molecule has 1 unspecified atom stereocenters. The van der Waals surface area contributed by atoms with Crippen molar-refractivity contribution in [2.75, 3.05) is 51.5 Å². The van der Waals surface area contributed by atoms with Crippen LogP contribution in [-0.2, 0) is 28.6 Å². The highest BCUT2D eigenvalue weighted by Crippen LogP contribution is 2.32. The van der Waals surface area contributed by atoms with Crippen molar-refractivity contribution in [3.63, 3.8) is 0 Å². The Morgan fingerprint density at radius 3 is 2.42 bits per heavy atom. The van der Waals surface area contributed by atoms with E-state index >= 15 is 0 Å². The molecule has 0 aliphatic carbocycles. The number of rotatable bonds is 12. The first-order valence-corrected chi connectivity index (χ1v) is 10.5. The van der Waals surface area contributed by atoms with E-state index in [4.69, 9.17) is 19.9 Å². The molecule has 33 heavy (non-hydrogen) atoms. The standard InChI is InChI=1S/C21H26N4O8/c22-6-7-31-8-9-32-10-11-33-12-17(27)23-14-3-1-2-13-18(14)21(30)25(20(13)29)15-4-5-16(26)24-19(15)28/h1-3,15H,4-12,22H2,(H,23,27)(H,24,26,28). The molecule has 2 aliphatic rings. The van der Waals surface area contributed by atoms with Crippen LogP contribution in [0.25, 0.3) is 0 Å². The van der Waals surface area contributed by atoms with Crippen molar-refractivity contribution in [3.8, 4) is 0 Å². The smallest absolute Gasteiger partial charge is 0.264 e. The average Bonchev–Trinajstić information content (AvgIpc) is 3.04. The molecule has 178 valence electrons. The van der Waals surface area contributed by atoms with Crippen molar-refractivity contribution in [1.29, 1.82) is 0 Å². The number of fused-ring (bicyclic) bond motifs is 1. The summed E-state index contributed by atoms with van der Waals surface area (Å²) in [5.41, 5.74) is 5.52. The van der Waals surface area contributed by atoms with E-state index in [0.717, 1.165) is 4.90 Å². The number of imide groups is 2. The highest BCUT2D eigenvalue weighted by molar-refractivity contribution is 6.26. The first-order valence-electron chi connectivity index (χ1n) is 10.5. The number of benzene rings is 1. The lowest BCUT2D eigenvalue weighted by Crippen LogP contribution is -2.54. The number of anilines is 1. The van der Waals surface area contributed by atoms with Crippen molar-refractivity contribution >= 4 is 35.2 Å². The molecule has 1 saturated heterocycles. The van der Waals surface area contributed by atoms with Gasteiger partial charge in [-0.25, -0.2) is 0 Å². The summed E-state index contributed by atoms with van der Waals surface area (Å²) >= 11 is 0.